The molecular formula is C5H8O2S. The van der Waals surface area contributed by atoms with Crippen molar-refractivity contribution in [1.82, 2.24) is 0 Å². The molecule has 1 N–H and O–H groups in total. The minimum atomic E-state index is -0.672. The van der Waals surface area contributed by atoms with Gasteiger partial charge in [0.25, 0.3) is 0 Å². The van der Waals surface area contributed by atoms with Crippen molar-refractivity contribution in [2.45, 2.75) is 18.1 Å². The number of carboxylic acid groups (broad SMARTS) is 1. The molecule has 1 unspecified atom stereocenters. The second kappa shape index (κ2) is 1.65. The largest absolute Gasteiger partial charge is 0.480 e. The Hall–Kier alpha value is -0.180. The molecule has 3 heteroatoms. The Balaban J connectivity index is 2.53. The highest BCUT2D eigenvalue weighted by atomic mass is 32.2. The third-order valence-corrected chi connectivity index (χ3v) is 2.88. The molecule has 46 valence electrons. The number of carbonyl (C=O) groups is 1. The van der Waals surface area contributed by atoms with Gasteiger partial charge in [0.1, 0.15) is 4.75 Å². The second-order valence-corrected chi connectivity index (χ2v) is 3.73. The molecule has 1 aliphatic rings. The lowest BCUT2D eigenvalue weighted by molar-refractivity contribution is -0.139. The summed E-state index contributed by atoms with van der Waals surface area (Å²) >= 11 is 1.52. The van der Waals surface area contributed by atoms with E-state index in [1.165, 1.54) is 11.8 Å². The average molecular weight is 132 g/mol. The number of aliphatic carboxylic acids is 1. The molecule has 0 amide bonds. The van der Waals surface area contributed by atoms with E-state index in [2.05, 4.69) is 0 Å². The Bertz CT molecular complexity index is 118. The molecule has 8 heavy (non-hydrogen) atoms. The highest BCUT2D eigenvalue weighted by Crippen LogP contribution is 2.39. The highest BCUT2D eigenvalue weighted by Gasteiger charge is 2.40. The summed E-state index contributed by atoms with van der Waals surface area (Å²) in [6.45, 7) is 1.77. The van der Waals surface area contributed by atoms with Gasteiger partial charge in [-0.2, -0.15) is 0 Å². The standard InChI is InChI=1S/C5H8O2S/c1-5(4(6)7)2-3-8-5/h2-3H2,1H3,(H,6,7). The van der Waals surface area contributed by atoms with Crippen LogP contribution in [0.15, 0.2) is 0 Å². The molecule has 0 aromatic rings. The summed E-state index contributed by atoms with van der Waals surface area (Å²) in [6.07, 6.45) is 0.826. The minimum Gasteiger partial charge on any atom is -0.480 e. The molecule has 1 saturated heterocycles. The Labute approximate surface area is 52.3 Å². The van der Waals surface area contributed by atoms with Gasteiger partial charge in [-0.25, -0.2) is 0 Å². The van der Waals surface area contributed by atoms with Gasteiger partial charge in [0, 0.05) is 0 Å². The van der Waals surface area contributed by atoms with Crippen LogP contribution in [0.5, 0.6) is 0 Å². The van der Waals surface area contributed by atoms with E-state index in [1.54, 1.807) is 6.92 Å². The van der Waals surface area contributed by atoms with Gasteiger partial charge in [0.05, 0.1) is 0 Å². The Kier molecular flexibility index (Phi) is 1.23. The van der Waals surface area contributed by atoms with Crippen LogP contribution in [0.2, 0.25) is 0 Å². The minimum absolute atomic E-state index is 0.444. The Morgan fingerprint density at radius 1 is 1.88 bits per heavy atom. The first-order valence-corrected chi connectivity index (χ1v) is 3.51. The molecule has 1 aliphatic heterocycles. The lowest BCUT2D eigenvalue weighted by Gasteiger charge is -2.32. The predicted molar refractivity (Wildman–Crippen MR) is 33.1 cm³/mol. The zero-order valence-corrected chi connectivity index (χ0v) is 5.49. The van der Waals surface area contributed by atoms with Crippen molar-refractivity contribution in [3.8, 4) is 0 Å². The van der Waals surface area contributed by atoms with E-state index in [9.17, 15) is 4.79 Å². The maximum Gasteiger partial charge on any atom is 0.319 e. The van der Waals surface area contributed by atoms with Crippen LogP contribution < -0.4 is 0 Å². The van der Waals surface area contributed by atoms with Gasteiger partial charge in [-0.15, -0.1) is 11.8 Å². The third kappa shape index (κ3) is 0.708. The summed E-state index contributed by atoms with van der Waals surface area (Å²) in [5.74, 6) is 0.330. The normalized spacial score (nSPS) is 36.1. The van der Waals surface area contributed by atoms with Gasteiger partial charge >= 0.3 is 5.97 Å². The van der Waals surface area contributed by atoms with Crippen molar-refractivity contribution in [3.63, 3.8) is 0 Å². The van der Waals surface area contributed by atoms with Crippen LogP contribution in [0.3, 0.4) is 0 Å². The number of hydrogen-bond donors (Lipinski definition) is 1. The molecule has 0 bridgehead atoms. The van der Waals surface area contributed by atoms with Gasteiger partial charge in [0.15, 0.2) is 0 Å². The molecule has 0 aromatic carbocycles. The van der Waals surface area contributed by atoms with E-state index in [-0.39, 0.29) is 0 Å². The summed E-state index contributed by atoms with van der Waals surface area (Å²) in [4.78, 5) is 10.3. The van der Waals surface area contributed by atoms with Crippen LogP contribution in [0, 0.1) is 0 Å². The molecule has 0 aromatic heterocycles. The number of hydrogen-bond acceptors (Lipinski definition) is 2. The molecule has 1 heterocycles. The summed E-state index contributed by atoms with van der Waals surface area (Å²) in [5, 5.41) is 8.47. The molecule has 1 rings (SSSR count). The van der Waals surface area contributed by atoms with Crippen LogP contribution in [0.1, 0.15) is 13.3 Å². The maximum absolute atomic E-state index is 10.3. The van der Waals surface area contributed by atoms with Crippen LogP contribution in [0.25, 0.3) is 0 Å². The summed E-state index contributed by atoms with van der Waals surface area (Å²) in [7, 11) is 0. The lowest BCUT2D eigenvalue weighted by atomic mass is 10.1. The van der Waals surface area contributed by atoms with Crippen LogP contribution in [-0.2, 0) is 4.79 Å². The van der Waals surface area contributed by atoms with Crippen molar-refractivity contribution >= 4 is 17.7 Å². The highest BCUT2D eigenvalue weighted by molar-refractivity contribution is 8.02. The Morgan fingerprint density at radius 3 is 2.38 bits per heavy atom. The maximum atomic E-state index is 10.3. The van der Waals surface area contributed by atoms with Crippen molar-refractivity contribution in [1.29, 1.82) is 0 Å². The van der Waals surface area contributed by atoms with Gasteiger partial charge in [0.2, 0.25) is 0 Å². The SMILES string of the molecule is CC1(C(=O)O)CCS1. The quantitative estimate of drug-likeness (QED) is 0.577. The Morgan fingerprint density at radius 2 is 2.38 bits per heavy atom. The van der Waals surface area contributed by atoms with Gasteiger partial charge in [-0.3, -0.25) is 4.79 Å². The van der Waals surface area contributed by atoms with Crippen LogP contribution in [-0.4, -0.2) is 21.6 Å². The van der Waals surface area contributed by atoms with E-state index in [4.69, 9.17) is 5.11 Å². The number of carboxylic acids is 1. The number of thioether (sulfide) groups is 1. The van der Waals surface area contributed by atoms with Crippen molar-refractivity contribution < 1.29 is 9.90 Å². The topological polar surface area (TPSA) is 37.3 Å². The molecule has 0 saturated carbocycles. The van der Waals surface area contributed by atoms with E-state index < -0.39 is 10.7 Å². The lowest BCUT2D eigenvalue weighted by Crippen LogP contribution is -2.39. The fourth-order valence-corrected chi connectivity index (χ4v) is 1.52. The predicted octanol–water partition coefficient (Wildman–Crippen LogP) is 0.967. The van der Waals surface area contributed by atoms with E-state index in [1.807, 2.05) is 0 Å². The molecule has 0 radical (unpaired) electrons. The molecule has 0 spiro atoms. The van der Waals surface area contributed by atoms with Crippen molar-refractivity contribution in [2.75, 3.05) is 5.75 Å². The zero-order chi connectivity index (χ0) is 6.20. The molecule has 1 atom stereocenters. The fourth-order valence-electron chi connectivity index (χ4n) is 0.577. The first kappa shape index (κ1) is 5.95. The first-order chi connectivity index (χ1) is 3.65. The van der Waals surface area contributed by atoms with Crippen molar-refractivity contribution in [3.05, 3.63) is 0 Å². The monoisotopic (exact) mass is 132 g/mol. The van der Waals surface area contributed by atoms with Crippen LogP contribution >= 0.6 is 11.8 Å². The van der Waals surface area contributed by atoms with Gasteiger partial charge in [-0.1, -0.05) is 0 Å². The van der Waals surface area contributed by atoms with E-state index in [0.29, 0.717) is 0 Å². The summed E-state index contributed by atoms with van der Waals surface area (Å²) in [5.41, 5.74) is 0. The molecule has 2 nitrogen and oxygen atoms in total. The second-order valence-electron chi connectivity index (χ2n) is 2.13. The van der Waals surface area contributed by atoms with E-state index in [0.717, 1.165) is 12.2 Å². The smallest absolute Gasteiger partial charge is 0.319 e. The first-order valence-electron chi connectivity index (χ1n) is 2.52. The molecular weight excluding hydrogens is 124 g/mol. The molecule has 1 fully saturated rings. The average Bonchev–Trinajstić information content (AvgIpc) is 1.60. The van der Waals surface area contributed by atoms with Crippen molar-refractivity contribution in [2.24, 2.45) is 0 Å². The number of rotatable bonds is 1. The third-order valence-electron chi connectivity index (χ3n) is 1.45. The van der Waals surface area contributed by atoms with Gasteiger partial charge < -0.3 is 5.11 Å². The van der Waals surface area contributed by atoms with E-state index >= 15 is 0 Å². The summed E-state index contributed by atoms with van der Waals surface area (Å²) in [6, 6.07) is 0. The van der Waals surface area contributed by atoms with Crippen LogP contribution in [0.4, 0.5) is 0 Å². The summed E-state index contributed by atoms with van der Waals surface area (Å²) < 4.78 is -0.444. The molecule has 0 aliphatic carbocycles. The van der Waals surface area contributed by atoms with Gasteiger partial charge in [-0.05, 0) is 19.1 Å². The fraction of sp³-hybridized carbons (Fsp3) is 0.800. The zero-order valence-electron chi connectivity index (χ0n) is 4.68.